The first-order valence-electron chi connectivity index (χ1n) is 5.14. The molecule has 2 heteroatoms. The van der Waals surface area contributed by atoms with E-state index in [9.17, 15) is 0 Å². The van der Waals surface area contributed by atoms with E-state index in [0.29, 0.717) is 6.04 Å². The second kappa shape index (κ2) is 3.00. The highest BCUT2D eigenvalue weighted by atomic mass is 15.2. The van der Waals surface area contributed by atoms with Gasteiger partial charge >= 0.3 is 0 Å². The Hall–Kier alpha value is -0.0800. The molecule has 2 saturated heterocycles. The zero-order valence-electron chi connectivity index (χ0n) is 8.16. The van der Waals surface area contributed by atoms with E-state index >= 15 is 0 Å². The van der Waals surface area contributed by atoms with Gasteiger partial charge in [-0.25, -0.2) is 0 Å². The second-order valence-electron chi connectivity index (χ2n) is 4.95. The molecule has 2 heterocycles. The fourth-order valence-corrected chi connectivity index (χ4v) is 2.69. The zero-order chi connectivity index (χ0) is 8.72. The summed E-state index contributed by atoms with van der Waals surface area (Å²) in [6.07, 6.45) is 1.40. The lowest BCUT2D eigenvalue weighted by Crippen LogP contribution is -2.62. The molecular formula is C10H20N2. The van der Waals surface area contributed by atoms with Crippen LogP contribution in [0.15, 0.2) is 0 Å². The van der Waals surface area contributed by atoms with Crippen molar-refractivity contribution in [2.24, 2.45) is 23.5 Å². The molecule has 70 valence electrons. The van der Waals surface area contributed by atoms with Crippen LogP contribution in [-0.2, 0) is 0 Å². The molecule has 0 unspecified atom stereocenters. The summed E-state index contributed by atoms with van der Waals surface area (Å²) in [7, 11) is 0. The highest BCUT2D eigenvalue weighted by molar-refractivity contribution is 4.99. The Kier molecular flexibility index (Phi) is 2.13. The van der Waals surface area contributed by atoms with Gasteiger partial charge in [0.25, 0.3) is 0 Å². The molecule has 2 aliphatic heterocycles. The Morgan fingerprint density at radius 1 is 1.33 bits per heavy atom. The topological polar surface area (TPSA) is 29.3 Å². The average molecular weight is 168 g/mol. The van der Waals surface area contributed by atoms with Crippen LogP contribution in [0, 0.1) is 17.8 Å². The third kappa shape index (κ3) is 1.38. The van der Waals surface area contributed by atoms with Crippen molar-refractivity contribution in [1.82, 2.24) is 4.90 Å². The standard InChI is InChI=1S/C10H20N2/c1-7(2)4-12-5-8-3-9(6-12)10(8)11/h7-10H,3-6,11H2,1-2H3/t8-,9-/m0/s1. The number of nitrogens with zero attached hydrogens (tertiary/aromatic N) is 1. The summed E-state index contributed by atoms with van der Waals surface area (Å²) in [5, 5.41) is 0. The largest absolute Gasteiger partial charge is 0.327 e. The number of rotatable bonds is 2. The van der Waals surface area contributed by atoms with Crippen LogP contribution < -0.4 is 5.73 Å². The minimum atomic E-state index is 0.536. The number of fused-ring (bicyclic) bond motifs is 2. The Morgan fingerprint density at radius 3 is 2.33 bits per heavy atom. The summed E-state index contributed by atoms with van der Waals surface area (Å²) < 4.78 is 0. The summed E-state index contributed by atoms with van der Waals surface area (Å²) >= 11 is 0. The van der Waals surface area contributed by atoms with Gasteiger partial charge in [-0.05, 0) is 24.2 Å². The molecule has 3 fully saturated rings. The predicted octanol–water partition coefficient (Wildman–Crippen LogP) is 0.921. The Morgan fingerprint density at radius 2 is 1.92 bits per heavy atom. The van der Waals surface area contributed by atoms with Gasteiger partial charge < -0.3 is 10.6 Å². The number of hydrogen-bond donors (Lipinski definition) is 1. The molecule has 0 amide bonds. The lowest BCUT2D eigenvalue weighted by molar-refractivity contribution is -0.00229. The Balaban J connectivity index is 1.83. The maximum absolute atomic E-state index is 5.99. The smallest absolute Gasteiger partial charge is 0.0120 e. The Bertz CT molecular complexity index is 155. The third-order valence-corrected chi connectivity index (χ3v) is 3.30. The lowest BCUT2D eigenvalue weighted by Gasteiger charge is -2.52. The van der Waals surface area contributed by atoms with Crippen molar-refractivity contribution in [3.05, 3.63) is 0 Å². The van der Waals surface area contributed by atoms with E-state index in [-0.39, 0.29) is 0 Å². The molecule has 0 aromatic carbocycles. The summed E-state index contributed by atoms with van der Waals surface area (Å²) in [5.41, 5.74) is 5.99. The molecule has 2 N–H and O–H groups in total. The quantitative estimate of drug-likeness (QED) is 0.664. The van der Waals surface area contributed by atoms with Gasteiger partial charge in [-0.15, -0.1) is 0 Å². The maximum Gasteiger partial charge on any atom is 0.0120 e. The van der Waals surface area contributed by atoms with Crippen LogP contribution in [0.3, 0.4) is 0 Å². The maximum atomic E-state index is 5.99. The normalized spacial score (nSPS) is 41.5. The van der Waals surface area contributed by atoms with Crippen LogP contribution in [0.4, 0.5) is 0 Å². The fraction of sp³-hybridized carbons (Fsp3) is 1.00. The summed E-state index contributed by atoms with van der Waals surface area (Å²) in [6.45, 7) is 8.37. The molecule has 3 aliphatic rings. The van der Waals surface area contributed by atoms with Crippen molar-refractivity contribution in [2.75, 3.05) is 19.6 Å². The third-order valence-electron chi connectivity index (χ3n) is 3.30. The molecule has 2 bridgehead atoms. The summed E-state index contributed by atoms with van der Waals surface area (Å²) in [4.78, 5) is 2.59. The van der Waals surface area contributed by atoms with Crippen LogP contribution in [0.2, 0.25) is 0 Å². The molecule has 12 heavy (non-hydrogen) atoms. The van der Waals surface area contributed by atoms with Crippen molar-refractivity contribution in [2.45, 2.75) is 26.3 Å². The minimum absolute atomic E-state index is 0.536. The first kappa shape index (κ1) is 8.52. The highest BCUT2D eigenvalue weighted by Crippen LogP contribution is 2.38. The number of piperidine rings is 2. The van der Waals surface area contributed by atoms with Crippen LogP contribution >= 0.6 is 0 Å². The molecule has 2 atom stereocenters. The van der Waals surface area contributed by atoms with E-state index in [4.69, 9.17) is 5.73 Å². The molecule has 0 spiro atoms. The van der Waals surface area contributed by atoms with Crippen LogP contribution in [0.1, 0.15) is 20.3 Å². The van der Waals surface area contributed by atoms with Crippen molar-refractivity contribution in [3.63, 3.8) is 0 Å². The van der Waals surface area contributed by atoms with Crippen LogP contribution in [0.25, 0.3) is 0 Å². The molecule has 0 aromatic heterocycles. The monoisotopic (exact) mass is 168 g/mol. The van der Waals surface area contributed by atoms with Gasteiger partial charge in [-0.1, -0.05) is 13.8 Å². The van der Waals surface area contributed by atoms with Gasteiger partial charge in [-0.2, -0.15) is 0 Å². The second-order valence-corrected chi connectivity index (χ2v) is 4.95. The van der Waals surface area contributed by atoms with Crippen molar-refractivity contribution in [1.29, 1.82) is 0 Å². The fourth-order valence-electron chi connectivity index (χ4n) is 2.69. The van der Waals surface area contributed by atoms with E-state index in [2.05, 4.69) is 18.7 Å². The molecule has 2 nitrogen and oxygen atoms in total. The number of hydrogen-bond acceptors (Lipinski definition) is 2. The van der Waals surface area contributed by atoms with Gasteiger partial charge in [0, 0.05) is 25.7 Å². The first-order valence-corrected chi connectivity index (χ1v) is 5.14. The van der Waals surface area contributed by atoms with Gasteiger partial charge in [0.15, 0.2) is 0 Å². The van der Waals surface area contributed by atoms with E-state index in [1.54, 1.807) is 0 Å². The minimum Gasteiger partial charge on any atom is -0.327 e. The molecule has 1 saturated carbocycles. The Labute approximate surface area is 75.1 Å². The van der Waals surface area contributed by atoms with E-state index < -0.39 is 0 Å². The predicted molar refractivity (Wildman–Crippen MR) is 50.9 cm³/mol. The van der Waals surface area contributed by atoms with Crippen molar-refractivity contribution >= 4 is 0 Å². The SMILES string of the molecule is CC(C)CN1C[C@@H]2C[C@@H](C1)C2N. The van der Waals surface area contributed by atoms with E-state index in [0.717, 1.165) is 17.8 Å². The van der Waals surface area contributed by atoms with Crippen LogP contribution in [0.5, 0.6) is 0 Å². The lowest BCUT2D eigenvalue weighted by atomic mass is 9.66. The molecule has 0 aromatic rings. The zero-order valence-corrected chi connectivity index (χ0v) is 8.16. The van der Waals surface area contributed by atoms with Crippen LogP contribution in [-0.4, -0.2) is 30.6 Å². The molecule has 1 aliphatic carbocycles. The van der Waals surface area contributed by atoms with Gasteiger partial charge in [0.05, 0.1) is 0 Å². The van der Waals surface area contributed by atoms with Crippen molar-refractivity contribution < 1.29 is 0 Å². The van der Waals surface area contributed by atoms with Crippen molar-refractivity contribution in [3.8, 4) is 0 Å². The van der Waals surface area contributed by atoms with Gasteiger partial charge in [0.1, 0.15) is 0 Å². The summed E-state index contributed by atoms with van der Waals surface area (Å²) in [5.74, 6) is 2.45. The first-order chi connectivity index (χ1) is 5.66. The highest BCUT2D eigenvalue weighted by Gasteiger charge is 2.44. The van der Waals surface area contributed by atoms with Gasteiger partial charge in [0.2, 0.25) is 0 Å². The van der Waals surface area contributed by atoms with E-state index in [1.165, 1.54) is 26.1 Å². The molecule has 3 rings (SSSR count). The molecule has 0 radical (unpaired) electrons. The average Bonchev–Trinajstić information content (AvgIpc) is 2.02. The molecular weight excluding hydrogens is 148 g/mol. The van der Waals surface area contributed by atoms with Gasteiger partial charge in [-0.3, -0.25) is 0 Å². The number of nitrogens with two attached hydrogens (primary N) is 1. The summed E-state index contributed by atoms with van der Waals surface area (Å²) in [6, 6.07) is 0.536. The van der Waals surface area contributed by atoms with E-state index in [1.807, 2.05) is 0 Å².